The molecular weight excluding hydrogens is 270 g/mol. The fourth-order valence-electron chi connectivity index (χ4n) is 1.21. The van der Waals surface area contributed by atoms with Crippen molar-refractivity contribution in [2.24, 2.45) is 0 Å². The zero-order valence-electron chi connectivity index (χ0n) is 8.02. The van der Waals surface area contributed by atoms with Crippen LogP contribution in [0.4, 0.5) is 8.78 Å². The number of aryl methyl sites for hydroxylation is 1. The first kappa shape index (κ1) is 12.1. The van der Waals surface area contributed by atoms with E-state index in [2.05, 4.69) is 20.7 Å². The molecule has 0 radical (unpaired) electrons. The lowest BCUT2D eigenvalue weighted by Crippen LogP contribution is -2.00. The molecule has 1 aromatic carbocycles. The van der Waals surface area contributed by atoms with Crippen LogP contribution in [0, 0.1) is 11.6 Å². The van der Waals surface area contributed by atoms with E-state index >= 15 is 0 Å². The minimum absolute atomic E-state index is 0.127. The van der Waals surface area contributed by atoms with Crippen molar-refractivity contribution in [3.63, 3.8) is 0 Å². The first-order valence-electron chi connectivity index (χ1n) is 4.25. The second-order valence-corrected chi connectivity index (χ2v) is 3.74. The molecule has 0 aliphatic carbocycles. The van der Waals surface area contributed by atoms with Gasteiger partial charge >= 0.3 is 0 Å². The minimum Gasteiger partial charge on any atom is -0.491 e. The van der Waals surface area contributed by atoms with Gasteiger partial charge in [0.25, 0.3) is 0 Å². The van der Waals surface area contributed by atoms with E-state index in [1.165, 1.54) is 13.2 Å². The van der Waals surface area contributed by atoms with E-state index in [-0.39, 0.29) is 22.9 Å². The van der Waals surface area contributed by atoms with Gasteiger partial charge in [0.2, 0.25) is 0 Å². The Morgan fingerprint density at radius 1 is 1.47 bits per heavy atom. The van der Waals surface area contributed by atoms with E-state index in [0.717, 1.165) is 0 Å². The van der Waals surface area contributed by atoms with Gasteiger partial charge in [-0.25, -0.2) is 8.78 Å². The van der Waals surface area contributed by atoms with Gasteiger partial charge in [0.15, 0.2) is 17.4 Å². The second kappa shape index (κ2) is 5.21. The summed E-state index contributed by atoms with van der Waals surface area (Å²) >= 11 is 2.95. The molecule has 0 amide bonds. The van der Waals surface area contributed by atoms with Gasteiger partial charge in [-0.15, -0.1) is 0 Å². The highest BCUT2D eigenvalue weighted by molar-refractivity contribution is 9.10. The fraction of sp³-hybridized carbons (Fsp3) is 0.300. The van der Waals surface area contributed by atoms with Crippen molar-refractivity contribution in [1.29, 1.82) is 0 Å². The molecule has 1 rings (SSSR count). The van der Waals surface area contributed by atoms with Crippen LogP contribution in [-0.4, -0.2) is 13.4 Å². The van der Waals surface area contributed by atoms with E-state index in [1.54, 1.807) is 0 Å². The number of carbonyl (C=O) groups excluding carboxylic acids is 1. The van der Waals surface area contributed by atoms with Crippen LogP contribution in [-0.2, 0) is 11.2 Å². The van der Waals surface area contributed by atoms with Crippen molar-refractivity contribution in [3.8, 4) is 5.75 Å². The van der Waals surface area contributed by atoms with Crippen LogP contribution in [0.25, 0.3) is 0 Å². The van der Waals surface area contributed by atoms with Gasteiger partial charge in [-0.1, -0.05) is 0 Å². The molecule has 0 bridgehead atoms. The Labute approximate surface area is 94.4 Å². The van der Waals surface area contributed by atoms with Crippen LogP contribution >= 0.6 is 15.9 Å². The number of hydrogen-bond acceptors (Lipinski definition) is 2. The lowest BCUT2D eigenvalue weighted by Gasteiger charge is -2.09. The first-order chi connectivity index (χ1) is 7.11. The molecule has 1 aromatic rings. The van der Waals surface area contributed by atoms with Crippen molar-refractivity contribution in [2.75, 3.05) is 7.11 Å². The van der Waals surface area contributed by atoms with Gasteiger partial charge in [-0.3, -0.25) is 0 Å². The van der Waals surface area contributed by atoms with Gasteiger partial charge in [-0.05, 0) is 34.0 Å². The van der Waals surface area contributed by atoms with Crippen LogP contribution in [0.1, 0.15) is 12.0 Å². The van der Waals surface area contributed by atoms with Gasteiger partial charge in [0.05, 0.1) is 11.6 Å². The maximum atomic E-state index is 13.5. The van der Waals surface area contributed by atoms with Crippen molar-refractivity contribution in [3.05, 3.63) is 27.7 Å². The Morgan fingerprint density at radius 3 is 2.67 bits per heavy atom. The van der Waals surface area contributed by atoms with E-state index < -0.39 is 17.4 Å². The summed E-state index contributed by atoms with van der Waals surface area (Å²) in [6.45, 7) is 0. The molecule has 0 aliphatic rings. The summed E-state index contributed by atoms with van der Waals surface area (Å²) in [4.78, 5) is 10.2. The molecule has 2 nitrogen and oxygen atoms in total. The Morgan fingerprint density at radius 2 is 2.13 bits per heavy atom. The molecule has 0 aliphatic heterocycles. The lowest BCUT2D eigenvalue weighted by molar-refractivity contribution is -0.107. The predicted molar refractivity (Wildman–Crippen MR) is 55.0 cm³/mol. The van der Waals surface area contributed by atoms with Crippen LogP contribution in [0.5, 0.6) is 5.75 Å². The number of methoxy groups -OCH3 is 1. The third-order valence-corrected chi connectivity index (χ3v) is 2.50. The molecule has 0 heterocycles. The summed E-state index contributed by atoms with van der Waals surface area (Å²) in [7, 11) is 1.19. The van der Waals surface area contributed by atoms with Crippen molar-refractivity contribution >= 4 is 22.2 Å². The normalized spacial score (nSPS) is 10.1. The number of hydrogen-bond donors (Lipinski definition) is 0. The quantitative estimate of drug-likeness (QED) is 0.625. The Hall–Kier alpha value is -0.970. The molecule has 0 atom stereocenters. The van der Waals surface area contributed by atoms with Crippen LogP contribution < -0.4 is 4.74 Å². The minimum atomic E-state index is -0.773. The molecule has 0 N–H and O–H groups in total. The number of carbonyl (C=O) groups is 1. The highest BCUT2D eigenvalue weighted by Crippen LogP contribution is 2.31. The smallest absolute Gasteiger partial charge is 0.191 e. The van der Waals surface area contributed by atoms with Crippen LogP contribution in [0.2, 0.25) is 0 Å². The van der Waals surface area contributed by atoms with Gasteiger partial charge < -0.3 is 9.53 Å². The average molecular weight is 279 g/mol. The summed E-state index contributed by atoms with van der Waals surface area (Å²) < 4.78 is 31.6. The monoisotopic (exact) mass is 278 g/mol. The number of ether oxygens (including phenoxy) is 1. The molecule has 15 heavy (non-hydrogen) atoms. The largest absolute Gasteiger partial charge is 0.491 e. The summed E-state index contributed by atoms with van der Waals surface area (Å²) in [6.07, 6.45) is 1.10. The third-order valence-electron chi connectivity index (χ3n) is 1.93. The molecule has 82 valence electrons. The maximum Gasteiger partial charge on any atom is 0.191 e. The molecule has 0 unspecified atom stereocenters. The Kier molecular flexibility index (Phi) is 4.20. The zero-order valence-corrected chi connectivity index (χ0v) is 9.61. The van der Waals surface area contributed by atoms with Gasteiger partial charge in [-0.2, -0.15) is 0 Å². The Balaban J connectivity index is 3.17. The summed E-state index contributed by atoms with van der Waals surface area (Å²) in [5.41, 5.74) is 0.257. The summed E-state index contributed by atoms with van der Waals surface area (Å²) in [5.74, 6) is -1.95. The predicted octanol–water partition coefficient (Wildman–Crippen LogP) is 2.87. The molecule has 0 saturated carbocycles. The van der Waals surface area contributed by atoms with E-state index in [1.807, 2.05) is 0 Å². The second-order valence-electron chi connectivity index (χ2n) is 2.88. The van der Waals surface area contributed by atoms with Gasteiger partial charge in [0, 0.05) is 6.42 Å². The first-order valence-corrected chi connectivity index (χ1v) is 5.05. The molecule has 0 aromatic heterocycles. The molecule has 0 spiro atoms. The topological polar surface area (TPSA) is 26.3 Å². The maximum absolute atomic E-state index is 13.5. The summed E-state index contributed by atoms with van der Waals surface area (Å²) in [5, 5.41) is 0. The van der Waals surface area contributed by atoms with Gasteiger partial charge in [0.1, 0.15) is 6.29 Å². The molecular formula is C10H9BrF2O2. The molecule has 0 saturated heterocycles. The Bertz CT molecular complexity index is 380. The van der Waals surface area contributed by atoms with E-state index in [9.17, 15) is 13.6 Å². The molecule has 0 fully saturated rings. The van der Waals surface area contributed by atoms with Crippen LogP contribution in [0.15, 0.2) is 10.5 Å². The van der Waals surface area contributed by atoms with Crippen LogP contribution in [0.3, 0.4) is 0 Å². The summed E-state index contributed by atoms with van der Waals surface area (Å²) in [6, 6.07) is 1.32. The van der Waals surface area contributed by atoms with E-state index in [4.69, 9.17) is 0 Å². The SMILES string of the molecule is COc1c(F)c(Br)cc(CCC=O)c1F. The van der Waals surface area contributed by atoms with Crippen molar-refractivity contribution < 1.29 is 18.3 Å². The lowest BCUT2D eigenvalue weighted by atomic mass is 10.1. The third kappa shape index (κ3) is 2.53. The van der Waals surface area contributed by atoms with Crippen molar-refractivity contribution in [2.45, 2.75) is 12.8 Å². The average Bonchev–Trinajstić information content (AvgIpc) is 2.22. The molecule has 5 heteroatoms. The highest BCUT2D eigenvalue weighted by Gasteiger charge is 2.17. The number of benzene rings is 1. The van der Waals surface area contributed by atoms with Crippen molar-refractivity contribution in [1.82, 2.24) is 0 Å². The number of rotatable bonds is 4. The zero-order chi connectivity index (χ0) is 11.4. The number of halogens is 3. The highest BCUT2D eigenvalue weighted by atomic mass is 79.9. The van der Waals surface area contributed by atoms with E-state index in [0.29, 0.717) is 6.29 Å². The standard InChI is InChI=1S/C10H9BrF2O2/c1-15-10-8(12)6(3-2-4-14)5-7(11)9(10)13/h4-5H,2-3H2,1H3. The number of aldehydes is 1. The fourth-order valence-corrected chi connectivity index (χ4v) is 1.66.